The fourth-order valence-electron chi connectivity index (χ4n) is 3.92. The first kappa shape index (κ1) is 30.8. The molecule has 1 saturated heterocycles. The summed E-state index contributed by atoms with van der Waals surface area (Å²) in [6.07, 6.45) is 1.37. The number of carbonyl (C=O) groups excluding carboxylic acids is 3. The summed E-state index contributed by atoms with van der Waals surface area (Å²) in [4.78, 5) is 39.9. The Balaban J connectivity index is 1.70. The van der Waals surface area contributed by atoms with Crippen molar-refractivity contribution < 1.29 is 33.3 Å². The molecule has 0 radical (unpaired) electrons. The SMILES string of the molecule is CCOc1cc(/C=C2\C(=O)NC(=O)N(c3cc(OC)c(Cl)cc3OC)C2=O)cc(I)c1OCc1ccc(Cl)c(Cl)c1. The Hall–Kier alpha value is -3.19. The molecule has 1 N–H and O–H groups in total. The Bertz CT molecular complexity index is 1580. The second-order valence-electron chi connectivity index (χ2n) is 8.42. The molecule has 0 aromatic heterocycles. The Morgan fingerprint density at radius 2 is 1.61 bits per heavy atom. The number of amides is 4. The topological polar surface area (TPSA) is 103 Å². The summed E-state index contributed by atoms with van der Waals surface area (Å²) in [5.41, 5.74) is 1.02. The van der Waals surface area contributed by atoms with Crippen molar-refractivity contribution in [1.29, 1.82) is 0 Å². The number of carbonyl (C=O) groups is 3. The average molecular weight is 732 g/mol. The number of ether oxygens (including phenoxy) is 4. The Labute approximate surface area is 264 Å². The summed E-state index contributed by atoms with van der Waals surface area (Å²) in [7, 11) is 2.75. The van der Waals surface area contributed by atoms with E-state index >= 15 is 0 Å². The third kappa shape index (κ3) is 6.66. The van der Waals surface area contributed by atoms with Gasteiger partial charge in [-0.15, -0.1) is 0 Å². The predicted octanol–water partition coefficient (Wildman–Crippen LogP) is 6.91. The van der Waals surface area contributed by atoms with Gasteiger partial charge in [0.25, 0.3) is 11.8 Å². The highest BCUT2D eigenvalue weighted by Crippen LogP contribution is 2.40. The number of urea groups is 1. The van der Waals surface area contributed by atoms with E-state index in [1.54, 1.807) is 30.3 Å². The molecule has 0 unspecified atom stereocenters. The number of barbiturate groups is 1. The maximum absolute atomic E-state index is 13.5. The fourth-order valence-corrected chi connectivity index (χ4v) is 5.25. The van der Waals surface area contributed by atoms with Crippen molar-refractivity contribution >= 4 is 87.0 Å². The van der Waals surface area contributed by atoms with Gasteiger partial charge in [-0.05, 0) is 71.0 Å². The van der Waals surface area contributed by atoms with E-state index in [0.717, 1.165) is 10.5 Å². The number of methoxy groups -OCH3 is 2. The Morgan fingerprint density at radius 3 is 2.27 bits per heavy atom. The van der Waals surface area contributed by atoms with Gasteiger partial charge in [0.05, 0.1) is 45.2 Å². The van der Waals surface area contributed by atoms with E-state index in [4.69, 9.17) is 53.8 Å². The van der Waals surface area contributed by atoms with Crippen LogP contribution in [0, 0.1) is 3.57 Å². The van der Waals surface area contributed by atoms with Crippen LogP contribution in [0.25, 0.3) is 6.08 Å². The smallest absolute Gasteiger partial charge is 0.336 e. The van der Waals surface area contributed by atoms with Crippen molar-refractivity contribution in [2.24, 2.45) is 0 Å². The highest BCUT2D eigenvalue weighted by atomic mass is 127. The van der Waals surface area contributed by atoms with E-state index in [1.807, 2.05) is 6.92 Å². The monoisotopic (exact) mass is 730 g/mol. The van der Waals surface area contributed by atoms with Crippen LogP contribution in [0.15, 0.2) is 48.0 Å². The minimum atomic E-state index is -0.949. The minimum absolute atomic E-state index is 0.0466. The molecule has 3 aromatic rings. The second-order valence-corrected chi connectivity index (χ2v) is 10.8. The summed E-state index contributed by atoms with van der Waals surface area (Å²) in [6, 6.07) is 10.4. The zero-order valence-electron chi connectivity index (χ0n) is 21.8. The van der Waals surface area contributed by atoms with Gasteiger partial charge in [-0.1, -0.05) is 40.9 Å². The molecule has 0 aliphatic carbocycles. The highest BCUT2D eigenvalue weighted by molar-refractivity contribution is 14.1. The van der Waals surface area contributed by atoms with E-state index in [2.05, 4.69) is 27.9 Å². The van der Waals surface area contributed by atoms with E-state index < -0.39 is 17.8 Å². The zero-order valence-corrected chi connectivity index (χ0v) is 26.3. The number of nitrogens with one attached hydrogen (secondary N) is 1. The molecule has 3 aromatic carbocycles. The number of halogens is 4. The first-order valence-electron chi connectivity index (χ1n) is 11.9. The van der Waals surface area contributed by atoms with Crippen LogP contribution in [-0.2, 0) is 16.2 Å². The standard InChI is InChI=1S/C28H22Cl3IN2O7/c1-4-40-24-10-15(9-20(32)25(24)41-13-14-5-6-17(29)18(30)8-14)7-16-26(35)33-28(37)34(27(16)36)21-12-22(38-2)19(31)11-23(21)39-3/h5-12H,4,13H2,1-3H3,(H,33,35,37)/b16-7+. The quantitative estimate of drug-likeness (QED) is 0.145. The largest absolute Gasteiger partial charge is 0.495 e. The highest BCUT2D eigenvalue weighted by Gasteiger charge is 2.38. The van der Waals surface area contributed by atoms with Gasteiger partial charge < -0.3 is 18.9 Å². The lowest BCUT2D eigenvalue weighted by atomic mass is 10.1. The number of nitrogens with zero attached hydrogens (tertiary/aromatic N) is 1. The van der Waals surface area contributed by atoms with Crippen LogP contribution < -0.4 is 29.2 Å². The molecular formula is C28H22Cl3IN2O7. The number of rotatable bonds is 9. The molecular weight excluding hydrogens is 710 g/mol. The van der Waals surface area contributed by atoms with E-state index in [1.165, 1.54) is 32.4 Å². The lowest BCUT2D eigenvalue weighted by molar-refractivity contribution is -0.122. The van der Waals surface area contributed by atoms with Crippen molar-refractivity contribution in [2.45, 2.75) is 13.5 Å². The van der Waals surface area contributed by atoms with Gasteiger partial charge in [0.2, 0.25) is 0 Å². The van der Waals surface area contributed by atoms with Crippen LogP contribution in [0.5, 0.6) is 23.0 Å². The van der Waals surface area contributed by atoms with Crippen molar-refractivity contribution in [1.82, 2.24) is 5.32 Å². The first-order chi connectivity index (χ1) is 19.6. The van der Waals surface area contributed by atoms with Crippen LogP contribution >= 0.6 is 57.4 Å². The third-order valence-corrected chi connectivity index (χ3v) is 7.64. The Kier molecular flexibility index (Phi) is 9.90. The van der Waals surface area contributed by atoms with Crippen LogP contribution in [0.4, 0.5) is 10.5 Å². The summed E-state index contributed by atoms with van der Waals surface area (Å²) in [5.74, 6) is -0.525. The van der Waals surface area contributed by atoms with Gasteiger partial charge in [0, 0.05) is 12.1 Å². The maximum atomic E-state index is 13.5. The minimum Gasteiger partial charge on any atom is -0.495 e. The van der Waals surface area contributed by atoms with Gasteiger partial charge in [-0.3, -0.25) is 14.9 Å². The number of anilines is 1. The predicted molar refractivity (Wildman–Crippen MR) is 165 cm³/mol. The molecule has 1 heterocycles. The molecule has 1 aliphatic heterocycles. The van der Waals surface area contributed by atoms with Gasteiger partial charge in [-0.2, -0.15) is 0 Å². The maximum Gasteiger partial charge on any atom is 0.336 e. The first-order valence-corrected chi connectivity index (χ1v) is 14.1. The van der Waals surface area contributed by atoms with Crippen LogP contribution in [-0.4, -0.2) is 38.7 Å². The summed E-state index contributed by atoms with van der Waals surface area (Å²) < 4.78 is 23.1. The molecule has 1 aliphatic rings. The number of imide groups is 2. The third-order valence-electron chi connectivity index (χ3n) is 5.81. The molecule has 0 atom stereocenters. The van der Waals surface area contributed by atoms with Gasteiger partial charge >= 0.3 is 6.03 Å². The van der Waals surface area contributed by atoms with Gasteiger partial charge in [-0.25, -0.2) is 9.69 Å². The molecule has 4 rings (SSSR count). The lowest BCUT2D eigenvalue weighted by Crippen LogP contribution is -2.54. The molecule has 0 spiro atoms. The molecule has 41 heavy (non-hydrogen) atoms. The molecule has 214 valence electrons. The van der Waals surface area contributed by atoms with E-state index in [-0.39, 0.29) is 34.4 Å². The van der Waals surface area contributed by atoms with Crippen LogP contribution in [0.1, 0.15) is 18.1 Å². The second kappa shape index (κ2) is 13.2. The van der Waals surface area contributed by atoms with Crippen molar-refractivity contribution in [3.05, 3.63) is 77.8 Å². The molecule has 0 bridgehead atoms. The number of benzene rings is 3. The van der Waals surface area contributed by atoms with Crippen LogP contribution in [0.3, 0.4) is 0 Å². The van der Waals surface area contributed by atoms with Crippen LogP contribution in [0.2, 0.25) is 15.1 Å². The zero-order chi connectivity index (χ0) is 29.8. The normalized spacial score (nSPS) is 14.3. The van der Waals surface area contributed by atoms with Gasteiger partial charge in [0.1, 0.15) is 23.7 Å². The van der Waals surface area contributed by atoms with E-state index in [9.17, 15) is 14.4 Å². The summed E-state index contributed by atoms with van der Waals surface area (Å²) in [5, 5.41) is 3.26. The van der Waals surface area contributed by atoms with Crippen molar-refractivity contribution in [3.63, 3.8) is 0 Å². The summed E-state index contributed by atoms with van der Waals surface area (Å²) >= 11 is 20.4. The molecule has 4 amide bonds. The summed E-state index contributed by atoms with van der Waals surface area (Å²) in [6.45, 7) is 2.34. The molecule has 13 heteroatoms. The van der Waals surface area contributed by atoms with Crippen molar-refractivity contribution in [2.75, 3.05) is 25.7 Å². The molecule has 1 fully saturated rings. The van der Waals surface area contributed by atoms with Gasteiger partial charge in [0.15, 0.2) is 11.5 Å². The number of hydrogen-bond donors (Lipinski definition) is 1. The number of hydrogen-bond acceptors (Lipinski definition) is 7. The molecule has 9 nitrogen and oxygen atoms in total. The lowest BCUT2D eigenvalue weighted by Gasteiger charge is -2.28. The fraction of sp³-hybridized carbons (Fsp3) is 0.179. The van der Waals surface area contributed by atoms with Crippen molar-refractivity contribution in [3.8, 4) is 23.0 Å². The molecule has 0 saturated carbocycles. The average Bonchev–Trinajstić information content (AvgIpc) is 2.93. The van der Waals surface area contributed by atoms with E-state index in [0.29, 0.717) is 37.3 Å². The Morgan fingerprint density at radius 1 is 0.878 bits per heavy atom.